The van der Waals surface area contributed by atoms with Crippen molar-refractivity contribution in [3.8, 4) is 0 Å². The van der Waals surface area contributed by atoms with Crippen LogP contribution in [0.1, 0.15) is 68.6 Å². The molecule has 1 heterocycles. The average molecular weight is 391 g/mol. The van der Waals surface area contributed by atoms with E-state index in [2.05, 4.69) is 15.3 Å². The van der Waals surface area contributed by atoms with E-state index in [0.717, 1.165) is 6.07 Å². The van der Waals surface area contributed by atoms with Crippen LogP contribution in [-0.4, -0.2) is 26.8 Å². The Morgan fingerprint density at radius 3 is 2.54 bits per heavy atom. The van der Waals surface area contributed by atoms with Gasteiger partial charge in [-0.2, -0.15) is 0 Å². The number of rotatable bonds is 2. The Labute approximate surface area is 162 Å². The molecule has 1 aliphatic rings. The molecule has 0 radical (unpaired) electrons. The van der Waals surface area contributed by atoms with Crippen LogP contribution < -0.4 is 5.32 Å². The second kappa shape index (κ2) is 7.79. The highest BCUT2D eigenvalue weighted by atomic mass is 19.2. The topological polar surface area (TPSA) is 84.3 Å². The Hall–Kier alpha value is -2.61. The lowest BCUT2D eigenvalue weighted by Crippen LogP contribution is -2.38. The number of carbonyl (C=O) groups excluding carboxylic acids is 1. The third-order valence-corrected chi connectivity index (χ3v) is 4.57. The standard InChI is InChI=1S/C20H23F2N3O3/c1-20(2,3)28-19(27)25-16-12(11-5-4-6-13(21)15(11)22)7-8-14(26)17-18(16)24-10-9-23-17/h4-6,9-10,12,14,16,26H,7-8H2,1-3H3,(H,25,27). The Morgan fingerprint density at radius 2 is 1.86 bits per heavy atom. The van der Waals surface area contributed by atoms with E-state index in [0.29, 0.717) is 17.8 Å². The molecule has 150 valence electrons. The average Bonchev–Trinajstić information content (AvgIpc) is 2.74. The number of aliphatic hydroxyl groups excluding tert-OH is 1. The molecule has 1 aliphatic carbocycles. The van der Waals surface area contributed by atoms with E-state index < -0.39 is 41.4 Å². The number of benzene rings is 1. The second-order valence-corrected chi connectivity index (χ2v) is 7.79. The molecule has 0 saturated carbocycles. The van der Waals surface area contributed by atoms with Gasteiger partial charge in [0, 0.05) is 18.3 Å². The summed E-state index contributed by atoms with van der Waals surface area (Å²) in [7, 11) is 0. The third-order valence-electron chi connectivity index (χ3n) is 4.57. The third kappa shape index (κ3) is 4.27. The predicted octanol–water partition coefficient (Wildman–Crippen LogP) is 3.93. The van der Waals surface area contributed by atoms with Gasteiger partial charge in [0.1, 0.15) is 5.60 Å². The van der Waals surface area contributed by atoms with Gasteiger partial charge >= 0.3 is 6.09 Å². The Bertz CT molecular complexity index is 870. The fourth-order valence-electron chi connectivity index (χ4n) is 3.43. The minimum atomic E-state index is -0.981. The van der Waals surface area contributed by atoms with Crippen molar-refractivity contribution in [3.63, 3.8) is 0 Å². The number of hydrogen-bond acceptors (Lipinski definition) is 5. The SMILES string of the molecule is CC(C)(C)OC(=O)NC1c2nccnc2C(O)CCC1c1cccc(F)c1F. The summed E-state index contributed by atoms with van der Waals surface area (Å²) >= 11 is 0. The summed E-state index contributed by atoms with van der Waals surface area (Å²) in [6.45, 7) is 5.17. The van der Waals surface area contributed by atoms with E-state index in [-0.39, 0.29) is 12.0 Å². The van der Waals surface area contributed by atoms with Crippen LogP contribution in [0.25, 0.3) is 0 Å². The van der Waals surface area contributed by atoms with Gasteiger partial charge in [-0.05, 0) is 45.2 Å². The molecule has 8 heteroatoms. The number of carbonyl (C=O) groups is 1. The zero-order chi connectivity index (χ0) is 20.5. The van der Waals surface area contributed by atoms with Gasteiger partial charge in [0.05, 0.1) is 23.5 Å². The molecule has 0 bridgehead atoms. The monoisotopic (exact) mass is 391 g/mol. The van der Waals surface area contributed by atoms with Crippen LogP contribution in [0.2, 0.25) is 0 Å². The number of aromatic nitrogens is 2. The van der Waals surface area contributed by atoms with E-state index >= 15 is 0 Å². The number of amides is 1. The highest BCUT2D eigenvalue weighted by molar-refractivity contribution is 5.68. The summed E-state index contributed by atoms with van der Waals surface area (Å²) in [4.78, 5) is 20.9. The van der Waals surface area contributed by atoms with E-state index in [1.165, 1.54) is 24.5 Å². The number of alkyl carbamates (subject to hydrolysis) is 1. The smallest absolute Gasteiger partial charge is 0.408 e. The molecule has 2 N–H and O–H groups in total. The Kier molecular flexibility index (Phi) is 5.60. The van der Waals surface area contributed by atoms with E-state index in [1.807, 2.05) is 0 Å². The molecular weight excluding hydrogens is 368 g/mol. The van der Waals surface area contributed by atoms with Crippen molar-refractivity contribution < 1.29 is 23.4 Å². The molecule has 1 aromatic carbocycles. The van der Waals surface area contributed by atoms with Gasteiger partial charge in [-0.1, -0.05) is 12.1 Å². The summed E-state index contributed by atoms with van der Waals surface area (Å²) in [5.41, 5.74) is -0.0132. The molecule has 3 unspecified atom stereocenters. The molecule has 6 nitrogen and oxygen atoms in total. The molecule has 3 atom stereocenters. The van der Waals surface area contributed by atoms with E-state index in [9.17, 15) is 18.7 Å². The first kappa shape index (κ1) is 20.1. The normalized spacial score (nSPS) is 22.1. The molecule has 0 saturated heterocycles. The first-order chi connectivity index (χ1) is 13.2. The minimum absolute atomic E-state index is 0.103. The van der Waals surface area contributed by atoms with Crippen LogP contribution in [0.5, 0.6) is 0 Å². The largest absolute Gasteiger partial charge is 0.444 e. The van der Waals surface area contributed by atoms with E-state index in [1.54, 1.807) is 20.8 Å². The number of ether oxygens (including phenoxy) is 1. The molecule has 3 rings (SSSR count). The number of hydrogen-bond donors (Lipinski definition) is 2. The number of aliphatic hydroxyl groups is 1. The molecule has 1 amide bonds. The Balaban J connectivity index is 2.06. The maximum Gasteiger partial charge on any atom is 0.408 e. The fraction of sp³-hybridized carbons (Fsp3) is 0.450. The van der Waals surface area contributed by atoms with Gasteiger partial charge in [0.15, 0.2) is 11.6 Å². The molecule has 1 aromatic heterocycles. The van der Waals surface area contributed by atoms with Gasteiger partial charge in [0.25, 0.3) is 0 Å². The zero-order valence-electron chi connectivity index (χ0n) is 15.9. The fourth-order valence-corrected chi connectivity index (χ4v) is 3.43. The lowest BCUT2D eigenvalue weighted by atomic mass is 9.86. The van der Waals surface area contributed by atoms with Crippen molar-refractivity contribution in [2.75, 3.05) is 0 Å². The van der Waals surface area contributed by atoms with Crippen molar-refractivity contribution in [2.24, 2.45) is 0 Å². The quantitative estimate of drug-likeness (QED) is 0.758. The zero-order valence-corrected chi connectivity index (χ0v) is 15.9. The van der Waals surface area contributed by atoms with Crippen LogP contribution in [0.15, 0.2) is 30.6 Å². The van der Waals surface area contributed by atoms with Crippen LogP contribution in [0, 0.1) is 11.6 Å². The first-order valence-corrected chi connectivity index (χ1v) is 9.09. The van der Waals surface area contributed by atoms with Gasteiger partial charge < -0.3 is 15.2 Å². The first-order valence-electron chi connectivity index (χ1n) is 9.09. The predicted molar refractivity (Wildman–Crippen MR) is 97.4 cm³/mol. The summed E-state index contributed by atoms with van der Waals surface area (Å²) in [6.07, 6.45) is 1.79. The van der Waals surface area contributed by atoms with Gasteiger partial charge in [-0.15, -0.1) is 0 Å². The van der Waals surface area contributed by atoms with Crippen molar-refractivity contribution in [2.45, 2.75) is 57.3 Å². The van der Waals surface area contributed by atoms with Gasteiger partial charge in [-0.25, -0.2) is 13.6 Å². The van der Waals surface area contributed by atoms with Crippen LogP contribution in [-0.2, 0) is 4.74 Å². The van der Waals surface area contributed by atoms with Crippen molar-refractivity contribution in [1.82, 2.24) is 15.3 Å². The minimum Gasteiger partial charge on any atom is -0.444 e. The summed E-state index contributed by atoms with van der Waals surface area (Å²) in [5.74, 6) is -2.61. The number of fused-ring (bicyclic) bond motifs is 1. The lowest BCUT2D eigenvalue weighted by molar-refractivity contribution is 0.0493. The van der Waals surface area contributed by atoms with Crippen LogP contribution >= 0.6 is 0 Å². The van der Waals surface area contributed by atoms with Crippen molar-refractivity contribution in [1.29, 1.82) is 0 Å². The van der Waals surface area contributed by atoms with E-state index in [4.69, 9.17) is 4.74 Å². The molecule has 0 aliphatic heterocycles. The molecular formula is C20H23F2N3O3. The molecule has 0 fully saturated rings. The highest BCUT2D eigenvalue weighted by Gasteiger charge is 2.37. The number of halogens is 2. The maximum absolute atomic E-state index is 14.6. The number of nitrogens with zero attached hydrogens (tertiary/aromatic N) is 2. The van der Waals surface area contributed by atoms with Crippen molar-refractivity contribution >= 4 is 6.09 Å². The van der Waals surface area contributed by atoms with Crippen LogP contribution in [0.3, 0.4) is 0 Å². The summed E-state index contributed by atoms with van der Waals surface area (Å²) < 4.78 is 33.7. The van der Waals surface area contributed by atoms with Crippen LogP contribution in [0.4, 0.5) is 13.6 Å². The lowest BCUT2D eigenvalue weighted by Gasteiger charge is -2.28. The number of nitrogens with one attached hydrogen (secondary N) is 1. The Morgan fingerprint density at radius 1 is 1.18 bits per heavy atom. The maximum atomic E-state index is 14.6. The summed E-state index contributed by atoms with van der Waals surface area (Å²) in [5, 5.41) is 13.2. The molecule has 28 heavy (non-hydrogen) atoms. The molecule has 0 spiro atoms. The van der Waals surface area contributed by atoms with Gasteiger partial charge in [0.2, 0.25) is 0 Å². The summed E-state index contributed by atoms with van der Waals surface area (Å²) in [6, 6.07) is 3.08. The highest BCUT2D eigenvalue weighted by Crippen LogP contribution is 2.42. The second-order valence-electron chi connectivity index (χ2n) is 7.79. The molecule has 2 aromatic rings. The van der Waals surface area contributed by atoms with Crippen molar-refractivity contribution in [3.05, 3.63) is 59.2 Å². The van der Waals surface area contributed by atoms with Gasteiger partial charge in [-0.3, -0.25) is 9.97 Å².